The SMILES string of the molecule is CCOC(=O)C1(COc2cccnc2)CCCCC1=O. The number of hydrogen-bond acceptors (Lipinski definition) is 5. The van der Waals surface area contributed by atoms with Crippen LogP contribution < -0.4 is 4.74 Å². The van der Waals surface area contributed by atoms with E-state index >= 15 is 0 Å². The first-order valence-electron chi connectivity index (χ1n) is 6.92. The zero-order valence-corrected chi connectivity index (χ0v) is 11.6. The van der Waals surface area contributed by atoms with E-state index in [1.807, 2.05) is 0 Å². The highest BCUT2D eigenvalue weighted by atomic mass is 16.5. The average Bonchev–Trinajstić information content (AvgIpc) is 2.48. The Morgan fingerprint density at radius 1 is 1.45 bits per heavy atom. The number of nitrogens with zero attached hydrogens (tertiary/aromatic N) is 1. The van der Waals surface area contributed by atoms with E-state index in [-0.39, 0.29) is 19.0 Å². The Morgan fingerprint density at radius 3 is 2.95 bits per heavy atom. The standard InChI is InChI=1S/C15H19NO4/c1-2-19-14(18)15(8-4-3-7-13(15)17)11-20-12-6-5-9-16-10-12/h5-6,9-10H,2-4,7-8,11H2,1H3. The maximum absolute atomic E-state index is 12.3. The van der Waals surface area contributed by atoms with E-state index in [4.69, 9.17) is 9.47 Å². The molecule has 108 valence electrons. The average molecular weight is 277 g/mol. The highest BCUT2D eigenvalue weighted by Gasteiger charge is 2.48. The number of rotatable bonds is 5. The van der Waals surface area contributed by atoms with Crippen LogP contribution in [0.3, 0.4) is 0 Å². The molecule has 5 nitrogen and oxygen atoms in total. The third-order valence-corrected chi connectivity index (χ3v) is 3.58. The lowest BCUT2D eigenvalue weighted by molar-refractivity contribution is -0.164. The number of esters is 1. The van der Waals surface area contributed by atoms with Gasteiger partial charge in [0, 0.05) is 12.6 Å². The number of carbonyl (C=O) groups is 2. The summed E-state index contributed by atoms with van der Waals surface area (Å²) in [5.74, 6) is 0.00854. The number of aromatic nitrogens is 1. The lowest BCUT2D eigenvalue weighted by atomic mass is 9.73. The predicted octanol–water partition coefficient (Wildman–Crippen LogP) is 2.15. The second kappa shape index (κ2) is 6.50. The Labute approximate surface area is 118 Å². The smallest absolute Gasteiger partial charge is 0.323 e. The summed E-state index contributed by atoms with van der Waals surface area (Å²) in [6, 6.07) is 3.49. The summed E-state index contributed by atoms with van der Waals surface area (Å²) in [6.45, 7) is 2.03. The van der Waals surface area contributed by atoms with Crippen LogP contribution in [0.15, 0.2) is 24.5 Å². The summed E-state index contributed by atoms with van der Waals surface area (Å²) in [6.07, 6.45) is 5.76. The minimum Gasteiger partial charge on any atom is -0.490 e. The Hall–Kier alpha value is -1.91. The lowest BCUT2D eigenvalue weighted by Gasteiger charge is -2.32. The Bertz CT molecular complexity index is 474. The quantitative estimate of drug-likeness (QED) is 0.609. The van der Waals surface area contributed by atoms with Crippen molar-refractivity contribution in [1.82, 2.24) is 4.98 Å². The third kappa shape index (κ3) is 2.98. The minimum atomic E-state index is -1.15. The van der Waals surface area contributed by atoms with Crippen molar-refractivity contribution in [2.75, 3.05) is 13.2 Å². The van der Waals surface area contributed by atoms with E-state index in [1.54, 1.807) is 31.5 Å². The van der Waals surface area contributed by atoms with Gasteiger partial charge >= 0.3 is 5.97 Å². The largest absolute Gasteiger partial charge is 0.490 e. The third-order valence-electron chi connectivity index (χ3n) is 3.58. The van der Waals surface area contributed by atoms with Gasteiger partial charge in [0.15, 0.2) is 11.2 Å². The van der Waals surface area contributed by atoms with E-state index in [0.717, 1.165) is 12.8 Å². The zero-order chi connectivity index (χ0) is 14.4. The molecule has 1 aliphatic carbocycles. The highest BCUT2D eigenvalue weighted by Crippen LogP contribution is 2.35. The molecule has 5 heteroatoms. The molecule has 0 aliphatic heterocycles. The van der Waals surface area contributed by atoms with E-state index in [2.05, 4.69) is 4.98 Å². The molecule has 0 N–H and O–H groups in total. The van der Waals surface area contributed by atoms with Gasteiger partial charge in [-0.1, -0.05) is 6.42 Å². The van der Waals surface area contributed by atoms with Crippen LogP contribution in [0, 0.1) is 5.41 Å². The van der Waals surface area contributed by atoms with E-state index in [0.29, 0.717) is 18.6 Å². The predicted molar refractivity (Wildman–Crippen MR) is 72.3 cm³/mol. The van der Waals surface area contributed by atoms with Crippen molar-refractivity contribution >= 4 is 11.8 Å². The van der Waals surface area contributed by atoms with Crippen LogP contribution in [-0.2, 0) is 14.3 Å². The summed E-state index contributed by atoms with van der Waals surface area (Å²) in [5.41, 5.74) is -1.15. The number of hydrogen-bond donors (Lipinski definition) is 0. The normalized spacial score (nSPS) is 22.4. The minimum absolute atomic E-state index is 0.0242. The van der Waals surface area contributed by atoms with Crippen molar-refractivity contribution in [3.05, 3.63) is 24.5 Å². The van der Waals surface area contributed by atoms with Gasteiger partial charge in [-0.3, -0.25) is 14.6 Å². The van der Waals surface area contributed by atoms with Crippen molar-refractivity contribution in [2.45, 2.75) is 32.6 Å². The molecule has 1 aromatic heterocycles. The molecule has 1 aromatic rings. The van der Waals surface area contributed by atoms with Crippen molar-refractivity contribution in [2.24, 2.45) is 5.41 Å². The van der Waals surface area contributed by atoms with Crippen molar-refractivity contribution in [3.8, 4) is 5.75 Å². The highest BCUT2D eigenvalue weighted by molar-refractivity contribution is 6.04. The molecule has 1 saturated carbocycles. The molecule has 0 bridgehead atoms. The first-order chi connectivity index (χ1) is 9.69. The van der Waals surface area contributed by atoms with Gasteiger partial charge in [0.05, 0.1) is 12.8 Å². The lowest BCUT2D eigenvalue weighted by Crippen LogP contribution is -2.47. The summed E-state index contributed by atoms with van der Waals surface area (Å²) in [7, 11) is 0. The molecule has 1 unspecified atom stereocenters. The van der Waals surface area contributed by atoms with Crippen LogP contribution in [-0.4, -0.2) is 30.0 Å². The van der Waals surface area contributed by atoms with Crippen LogP contribution in [0.5, 0.6) is 5.75 Å². The van der Waals surface area contributed by atoms with E-state index in [1.165, 1.54) is 0 Å². The summed E-state index contributed by atoms with van der Waals surface area (Å²) in [5, 5.41) is 0. The van der Waals surface area contributed by atoms with Gasteiger partial charge < -0.3 is 9.47 Å². The van der Waals surface area contributed by atoms with Crippen molar-refractivity contribution < 1.29 is 19.1 Å². The Morgan fingerprint density at radius 2 is 2.30 bits per heavy atom. The summed E-state index contributed by atoms with van der Waals surface area (Å²) in [4.78, 5) is 28.4. The van der Waals surface area contributed by atoms with Crippen LogP contribution in [0.1, 0.15) is 32.6 Å². The number of Topliss-reactive ketones (excluding diaryl/α,β-unsaturated/α-hetero) is 1. The molecule has 0 amide bonds. The van der Waals surface area contributed by atoms with Gasteiger partial charge in [0.1, 0.15) is 12.4 Å². The van der Waals surface area contributed by atoms with Crippen LogP contribution in [0.4, 0.5) is 0 Å². The molecule has 1 fully saturated rings. The van der Waals surface area contributed by atoms with Gasteiger partial charge in [0.2, 0.25) is 0 Å². The summed E-state index contributed by atoms with van der Waals surface area (Å²) >= 11 is 0. The van der Waals surface area contributed by atoms with Crippen LogP contribution in [0.25, 0.3) is 0 Å². The topological polar surface area (TPSA) is 65.5 Å². The molecule has 0 aromatic carbocycles. The van der Waals surface area contributed by atoms with Gasteiger partial charge in [-0.05, 0) is 31.9 Å². The van der Waals surface area contributed by atoms with Gasteiger partial charge in [-0.15, -0.1) is 0 Å². The molecule has 1 atom stereocenters. The molecule has 2 rings (SSSR count). The Kier molecular flexibility index (Phi) is 4.71. The van der Waals surface area contributed by atoms with Gasteiger partial charge in [0.25, 0.3) is 0 Å². The van der Waals surface area contributed by atoms with E-state index in [9.17, 15) is 9.59 Å². The number of pyridine rings is 1. The van der Waals surface area contributed by atoms with Crippen molar-refractivity contribution in [3.63, 3.8) is 0 Å². The maximum atomic E-state index is 12.3. The number of carbonyl (C=O) groups excluding carboxylic acids is 2. The maximum Gasteiger partial charge on any atom is 0.323 e. The summed E-state index contributed by atoms with van der Waals surface area (Å²) < 4.78 is 10.7. The Balaban J connectivity index is 2.14. The van der Waals surface area contributed by atoms with E-state index < -0.39 is 11.4 Å². The fourth-order valence-electron chi connectivity index (χ4n) is 2.43. The molecular weight excluding hydrogens is 258 g/mol. The first-order valence-corrected chi connectivity index (χ1v) is 6.92. The fraction of sp³-hybridized carbons (Fsp3) is 0.533. The molecule has 0 radical (unpaired) electrons. The van der Waals surface area contributed by atoms with Gasteiger partial charge in [-0.2, -0.15) is 0 Å². The molecule has 0 saturated heterocycles. The van der Waals surface area contributed by atoms with Gasteiger partial charge in [-0.25, -0.2) is 0 Å². The second-order valence-corrected chi connectivity index (χ2v) is 4.91. The zero-order valence-electron chi connectivity index (χ0n) is 11.6. The molecule has 20 heavy (non-hydrogen) atoms. The monoisotopic (exact) mass is 277 g/mol. The number of ketones is 1. The van der Waals surface area contributed by atoms with Crippen molar-refractivity contribution in [1.29, 1.82) is 0 Å². The van der Waals surface area contributed by atoms with Crippen LogP contribution >= 0.6 is 0 Å². The number of ether oxygens (including phenoxy) is 2. The fourth-order valence-corrected chi connectivity index (χ4v) is 2.43. The molecule has 1 aliphatic rings. The molecule has 0 spiro atoms. The first kappa shape index (κ1) is 14.5. The molecular formula is C15H19NO4. The molecule has 1 heterocycles. The van der Waals surface area contributed by atoms with Crippen LogP contribution in [0.2, 0.25) is 0 Å². The second-order valence-electron chi connectivity index (χ2n) is 4.91.